The van der Waals surface area contributed by atoms with Crippen molar-refractivity contribution in [1.82, 2.24) is 5.32 Å². The fourth-order valence-electron chi connectivity index (χ4n) is 2.50. The molecule has 0 radical (unpaired) electrons. The van der Waals surface area contributed by atoms with Gasteiger partial charge in [0, 0.05) is 29.3 Å². The van der Waals surface area contributed by atoms with Crippen molar-refractivity contribution in [3.63, 3.8) is 0 Å². The van der Waals surface area contributed by atoms with Crippen molar-refractivity contribution in [2.24, 2.45) is 0 Å². The first-order valence-corrected chi connectivity index (χ1v) is 9.50. The van der Waals surface area contributed by atoms with Gasteiger partial charge >= 0.3 is 0 Å². The maximum Gasteiger partial charge on any atom is 0.154 e. The molecule has 1 N–H and O–H groups in total. The van der Waals surface area contributed by atoms with E-state index < -0.39 is 9.84 Å². The van der Waals surface area contributed by atoms with Crippen LogP contribution in [-0.2, 0) is 16.4 Å². The zero-order valence-corrected chi connectivity index (χ0v) is 14.3. The molecule has 0 bridgehead atoms. The Kier molecular flexibility index (Phi) is 5.09. The summed E-state index contributed by atoms with van der Waals surface area (Å²) in [7, 11) is -2.87. The number of nitrogens with one attached hydrogen (secondary N) is 1. The molecule has 1 aliphatic rings. The van der Waals surface area contributed by atoms with Gasteiger partial charge in [0.1, 0.15) is 0 Å². The summed E-state index contributed by atoms with van der Waals surface area (Å²) in [5.41, 5.74) is 2.30. The molecule has 1 fully saturated rings. The fraction of sp³-hybridized carbons (Fsp3) is 0.571. The highest BCUT2D eigenvalue weighted by Crippen LogP contribution is 2.27. The van der Waals surface area contributed by atoms with Crippen LogP contribution >= 0.6 is 15.9 Å². The van der Waals surface area contributed by atoms with Gasteiger partial charge in [0.2, 0.25) is 0 Å². The van der Waals surface area contributed by atoms with Gasteiger partial charge in [0.25, 0.3) is 0 Å². The molecular formula is C14H21BrN2O2S. The van der Waals surface area contributed by atoms with E-state index in [1.807, 2.05) is 6.92 Å². The number of anilines is 1. The molecular weight excluding hydrogens is 340 g/mol. The zero-order valence-electron chi connectivity index (χ0n) is 11.9. The fourth-order valence-corrected chi connectivity index (χ4v) is 4.56. The highest BCUT2D eigenvalue weighted by molar-refractivity contribution is 9.10. The van der Waals surface area contributed by atoms with Crippen molar-refractivity contribution < 1.29 is 8.42 Å². The van der Waals surface area contributed by atoms with Crippen molar-refractivity contribution in [3.8, 4) is 0 Å². The topological polar surface area (TPSA) is 49.4 Å². The summed E-state index contributed by atoms with van der Waals surface area (Å²) >= 11 is 3.60. The van der Waals surface area contributed by atoms with Crippen LogP contribution in [0, 0.1) is 0 Å². The van der Waals surface area contributed by atoms with Crippen LogP contribution in [0.5, 0.6) is 0 Å². The molecule has 1 saturated heterocycles. The largest absolute Gasteiger partial charge is 0.367 e. The monoisotopic (exact) mass is 360 g/mol. The third-order valence-electron chi connectivity index (χ3n) is 3.60. The molecule has 2 rings (SSSR count). The quantitative estimate of drug-likeness (QED) is 0.893. The molecule has 1 atom stereocenters. The van der Waals surface area contributed by atoms with Crippen molar-refractivity contribution in [2.45, 2.75) is 26.4 Å². The number of benzene rings is 1. The smallest absolute Gasteiger partial charge is 0.154 e. The first-order chi connectivity index (χ1) is 9.43. The van der Waals surface area contributed by atoms with Gasteiger partial charge in [-0.1, -0.05) is 28.9 Å². The molecule has 1 unspecified atom stereocenters. The van der Waals surface area contributed by atoms with Gasteiger partial charge in [-0.15, -0.1) is 0 Å². The Hall–Kier alpha value is -0.590. The Labute approximate surface area is 129 Å². The van der Waals surface area contributed by atoms with E-state index in [0.29, 0.717) is 6.54 Å². The lowest BCUT2D eigenvalue weighted by atomic mass is 10.1. The van der Waals surface area contributed by atoms with Crippen LogP contribution in [0.4, 0.5) is 5.69 Å². The normalized spacial score (nSPS) is 21.9. The second kappa shape index (κ2) is 6.45. The van der Waals surface area contributed by atoms with Crippen LogP contribution in [0.25, 0.3) is 0 Å². The number of hydrogen-bond acceptors (Lipinski definition) is 4. The number of nitrogens with zero attached hydrogens (tertiary/aromatic N) is 1. The number of halogens is 1. The SMILES string of the molecule is CCNCc1ccc(N2CCS(=O)(=O)CC2C)cc1Br. The minimum Gasteiger partial charge on any atom is -0.367 e. The molecule has 1 aliphatic heterocycles. The van der Waals surface area contributed by atoms with E-state index in [4.69, 9.17) is 0 Å². The minimum atomic E-state index is -2.87. The summed E-state index contributed by atoms with van der Waals surface area (Å²) in [5.74, 6) is 0.484. The van der Waals surface area contributed by atoms with Gasteiger partial charge in [-0.3, -0.25) is 0 Å². The predicted octanol–water partition coefficient (Wildman–Crippen LogP) is 2.18. The summed E-state index contributed by atoms with van der Waals surface area (Å²) < 4.78 is 24.3. The summed E-state index contributed by atoms with van der Waals surface area (Å²) in [4.78, 5) is 2.17. The van der Waals surface area contributed by atoms with E-state index in [9.17, 15) is 8.42 Å². The first kappa shape index (κ1) is 15.8. The maximum atomic E-state index is 11.6. The third-order valence-corrected chi connectivity index (χ3v) is 6.14. The zero-order chi connectivity index (χ0) is 14.8. The lowest BCUT2D eigenvalue weighted by Gasteiger charge is -2.35. The average Bonchev–Trinajstić information content (AvgIpc) is 2.36. The Morgan fingerprint density at radius 1 is 1.45 bits per heavy atom. The van der Waals surface area contributed by atoms with Gasteiger partial charge in [-0.2, -0.15) is 0 Å². The molecule has 1 heterocycles. The van der Waals surface area contributed by atoms with Crippen molar-refractivity contribution in [1.29, 1.82) is 0 Å². The van der Waals surface area contributed by atoms with E-state index in [1.54, 1.807) is 0 Å². The van der Waals surface area contributed by atoms with E-state index in [1.165, 1.54) is 5.56 Å². The van der Waals surface area contributed by atoms with E-state index in [0.717, 1.165) is 23.2 Å². The maximum absolute atomic E-state index is 11.6. The van der Waals surface area contributed by atoms with Crippen LogP contribution in [-0.4, -0.2) is 39.1 Å². The number of hydrogen-bond donors (Lipinski definition) is 1. The molecule has 0 aromatic heterocycles. The molecule has 0 spiro atoms. The first-order valence-electron chi connectivity index (χ1n) is 6.89. The summed E-state index contributed by atoms with van der Waals surface area (Å²) in [6.07, 6.45) is 0. The second-order valence-electron chi connectivity index (χ2n) is 5.21. The second-order valence-corrected chi connectivity index (χ2v) is 8.30. The van der Waals surface area contributed by atoms with E-state index >= 15 is 0 Å². The molecule has 20 heavy (non-hydrogen) atoms. The Morgan fingerprint density at radius 3 is 2.80 bits per heavy atom. The Balaban J connectivity index is 2.15. The summed E-state index contributed by atoms with van der Waals surface area (Å²) in [5, 5.41) is 3.30. The Bertz CT molecular complexity index is 575. The van der Waals surface area contributed by atoms with Gasteiger partial charge in [0.15, 0.2) is 9.84 Å². The van der Waals surface area contributed by atoms with Crippen molar-refractivity contribution >= 4 is 31.5 Å². The van der Waals surface area contributed by atoms with Gasteiger partial charge < -0.3 is 10.2 Å². The van der Waals surface area contributed by atoms with Crippen LogP contribution in [0.2, 0.25) is 0 Å². The van der Waals surface area contributed by atoms with Crippen molar-refractivity contribution in [3.05, 3.63) is 28.2 Å². The van der Waals surface area contributed by atoms with E-state index in [-0.39, 0.29) is 17.5 Å². The number of sulfone groups is 1. The molecule has 1 aromatic rings. The standard InChI is InChI=1S/C14H21BrN2O2S/c1-3-16-9-12-4-5-13(8-14(12)15)17-6-7-20(18,19)10-11(17)2/h4-5,8,11,16H,3,6-7,9-10H2,1-2H3. The Morgan fingerprint density at radius 2 is 2.20 bits per heavy atom. The molecule has 4 nitrogen and oxygen atoms in total. The molecule has 112 valence electrons. The van der Waals surface area contributed by atoms with Gasteiger partial charge in [-0.25, -0.2) is 8.42 Å². The van der Waals surface area contributed by atoms with Crippen LogP contribution < -0.4 is 10.2 Å². The lowest BCUT2D eigenvalue weighted by Crippen LogP contribution is -2.47. The summed E-state index contributed by atoms with van der Waals surface area (Å²) in [6, 6.07) is 6.28. The van der Waals surface area contributed by atoms with Gasteiger partial charge in [0.05, 0.1) is 11.5 Å². The molecule has 0 aliphatic carbocycles. The van der Waals surface area contributed by atoms with Crippen molar-refractivity contribution in [2.75, 3.05) is 29.5 Å². The molecule has 0 saturated carbocycles. The summed E-state index contributed by atoms with van der Waals surface area (Å²) in [6.45, 7) is 6.40. The third kappa shape index (κ3) is 3.74. The average molecular weight is 361 g/mol. The minimum absolute atomic E-state index is 0.0280. The van der Waals surface area contributed by atoms with Gasteiger partial charge in [-0.05, 0) is 31.2 Å². The van der Waals surface area contributed by atoms with Crippen LogP contribution in [0.1, 0.15) is 19.4 Å². The van der Waals surface area contributed by atoms with Crippen LogP contribution in [0.15, 0.2) is 22.7 Å². The predicted molar refractivity (Wildman–Crippen MR) is 87.0 cm³/mol. The highest BCUT2D eigenvalue weighted by atomic mass is 79.9. The van der Waals surface area contributed by atoms with Crippen LogP contribution in [0.3, 0.4) is 0 Å². The molecule has 6 heteroatoms. The highest BCUT2D eigenvalue weighted by Gasteiger charge is 2.28. The number of rotatable bonds is 4. The molecule has 0 amide bonds. The lowest BCUT2D eigenvalue weighted by molar-refractivity contribution is 0.568. The van der Waals surface area contributed by atoms with E-state index in [2.05, 4.69) is 51.3 Å². The molecule has 1 aromatic carbocycles.